The topological polar surface area (TPSA) is 45.2 Å². The zero-order valence-corrected chi connectivity index (χ0v) is 15.5. The summed E-state index contributed by atoms with van der Waals surface area (Å²) in [5.74, 6) is -0.769. The molecule has 0 aliphatic rings. The molecule has 0 aliphatic carbocycles. The van der Waals surface area contributed by atoms with E-state index >= 15 is 0 Å². The Morgan fingerprint density at radius 2 is 1.92 bits per heavy atom. The van der Waals surface area contributed by atoms with Gasteiger partial charge in [-0.3, -0.25) is 9.78 Å². The number of rotatable bonds is 6. The van der Waals surface area contributed by atoms with Crippen LogP contribution in [-0.2, 0) is 11.3 Å². The van der Waals surface area contributed by atoms with Gasteiger partial charge in [0.05, 0.1) is 12.2 Å². The predicted octanol–water partition coefficient (Wildman–Crippen LogP) is 4.63. The Morgan fingerprint density at radius 1 is 1.12 bits per heavy atom. The van der Waals surface area contributed by atoms with Gasteiger partial charge in [0.25, 0.3) is 0 Å². The highest BCUT2D eigenvalue weighted by Gasteiger charge is 2.14. The lowest BCUT2D eigenvalue weighted by molar-refractivity contribution is -0.115. The molecular weight excluding hydrogens is 397 g/mol. The Kier molecular flexibility index (Phi) is 5.96. The highest BCUT2D eigenvalue weighted by atomic mass is 79.9. The van der Waals surface area contributed by atoms with Crippen LogP contribution in [0, 0.1) is 5.82 Å². The van der Waals surface area contributed by atoms with E-state index in [9.17, 15) is 9.18 Å². The number of carbonyl (C=O) groups is 1. The molecule has 0 saturated carbocycles. The van der Waals surface area contributed by atoms with Crippen molar-refractivity contribution in [3.05, 3.63) is 88.9 Å². The first-order valence-electron chi connectivity index (χ1n) is 8.05. The Bertz CT molecular complexity index is 875. The van der Waals surface area contributed by atoms with Gasteiger partial charge in [-0.2, -0.15) is 0 Å². The van der Waals surface area contributed by atoms with Gasteiger partial charge in [0.1, 0.15) is 5.82 Å². The second-order valence-electron chi connectivity index (χ2n) is 5.73. The second-order valence-corrected chi connectivity index (χ2v) is 6.64. The zero-order valence-electron chi connectivity index (χ0n) is 13.9. The minimum atomic E-state index is -0.472. The number of halogens is 2. The van der Waals surface area contributed by atoms with Gasteiger partial charge in [-0.15, -0.1) is 0 Å². The number of amides is 1. The number of pyridine rings is 1. The summed E-state index contributed by atoms with van der Waals surface area (Å²) in [4.78, 5) is 18.5. The van der Waals surface area contributed by atoms with E-state index in [4.69, 9.17) is 0 Å². The van der Waals surface area contributed by atoms with Gasteiger partial charge >= 0.3 is 0 Å². The number of hydrogen-bond acceptors (Lipinski definition) is 3. The lowest BCUT2D eigenvalue weighted by Crippen LogP contribution is -2.33. The third-order valence-electron chi connectivity index (χ3n) is 3.75. The number of aromatic nitrogens is 1. The molecule has 4 nitrogen and oxygen atoms in total. The summed E-state index contributed by atoms with van der Waals surface area (Å²) >= 11 is 3.28. The molecule has 2 aromatic carbocycles. The van der Waals surface area contributed by atoms with E-state index in [2.05, 4.69) is 26.2 Å². The monoisotopic (exact) mass is 413 g/mol. The van der Waals surface area contributed by atoms with Crippen LogP contribution >= 0.6 is 15.9 Å². The van der Waals surface area contributed by atoms with Crippen molar-refractivity contribution < 1.29 is 9.18 Å². The number of carbonyl (C=O) groups excluding carboxylic acids is 1. The molecule has 0 radical (unpaired) electrons. The van der Waals surface area contributed by atoms with E-state index in [0.29, 0.717) is 11.0 Å². The highest BCUT2D eigenvalue weighted by molar-refractivity contribution is 9.10. The summed E-state index contributed by atoms with van der Waals surface area (Å²) in [5.41, 5.74) is 2.04. The van der Waals surface area contributed by atoms with Crippen molar-refractivity contribution in [3.63, 3.8) is 0 Å². The molecule has 1 N–H and O–H groups in total. The normalized spacial score (nSPS) is 10.4. The minimum absolute atomic E-state index is 0.0882. The van der Waals surface area contributed by atoms with Crippen molar-refractivity contribution in [1.82, 2.24) is 4.98 Å². The van der Waals surface area contributed by atoms with E-state index in [-0.39, 0.29) is 18.1 Å². The van der Waals surface area contributed by atoms with Gasteiger partial charge in [0, 0.05) is 29.1 Å². The molecule has 0 aliphatic heterocycles. The molecule has 6 heteroatoms. The van der Waals surface area contributed by atoms with Crippen molar-refractivity contribution in [2.45, 2.75) is 6.54 Å². The maximum atomic E-state index is 13.9. The third-order valence-corrected chi connectivity index (χ3v) is 4.25. The van der Waals surface area contributed by atoms with Crippen molar-refractivity contribution in [3.8, 4) is 0 Å². The molecule has 132 valence electrons. The quantitative estimate of drug-likeness (QED) is 0.640. The Morgan fingerprint density at radius 3 is 2.65 bits per heavy atom. The van der Waals surface area contributed by atoms with Crippen LogP contribution in [0.4, 0.5) is 15.8 Å². The van der Waals surface area contributed by atoms with E-state index in [1.807, 2.05) is 47.4 Å². The maximum Gasteiger partial charge on any atom is 0.243 e. The second kappa shape index (κ2) is 8.58. The molecule has 0 fully saturated rings. The number of anilines is 2. The van der Waals surface area contributed by atoms with Gasteiger partial charge in [0.2, 0.25) is 5.91 Å². The largest absolute Gasteiger partial charge is 0.358 e. The number of nitrogens with zero attached hydrogens (tertiary/aromatic N) is 2. The lowest BCUT2D eigenvalue weighted by Gasteiger charge is -2.24. The first-order chi connectivity index (χ1) is 12.6. The zero-order chi connectivity index (χ0) is 18.4. The number of benzene rings is 2. The number of para-hydroxylation sites is 1. The van der Waals surface area contributed by atoms with Crippen LogP contribution in [0.3, 0.4) is 0 Å². The SMILES string of the molecule is O=C(CN(Cc1cccnc1)c1ccccc1)Nc1cc(Br)ccc1F. The fourth-order valence-corrected chi connectivity index (χ4v) is 2.91. The molecule has 0 saturated heterocycles. The fraction of sp³-hybridized carbons (Fsp3) is 0.100. The molecule has 1 amide bonds. The van der Waals surface area contributed by atoms with Crippen molar-refractivity contribution in [1.29, 1.82) is 0 Å². The van der Waals surface area contributed by atoms with Gasteiger partial charge in [-0.1, -0.05) is 40.2 Å². The molecule has 1 aromatic heterocycles. The first kappa shape index (κ1) is 18.1. The van der Waals surface area contributed by atoms with Crippen LogP contribution in [-0.4, -0.2) is 17.4 Å². The summed E-state index contributed by atoms with van der Waals surface area (Å²) in [6, 6.07) is 17.9. The van der Waals surface area contributed by atoms with Crippen LogP contribution in [0.25, 0.3) is 0 Å². The first-order valence-corrected chi connectivity index (χ1v) is 8.85. The van der Waals surface area contributed by atoms with E-state index < -0.39 is 5.82 Å². The molecule has 26 heavy (non-hydrogen) atoms. The molecule has 0 bridgehead atoms. The lowest BCUT2D eigenvalue weighted by atomic mass is 10.2. The Hall–Kier alpha value is -2.73. The summed E-state index contributed by atoms with van der Waals surface area (Å²) in [5, 5.41) is 2.64. The molecule has 0 spiro atoms. The number of nitrogens with one attached hydrogen (secondary N) is 1. The summed E-state index contributed by atoms with van der Waals surface area (Å²) < 4.78 is 14.6. The fourth-order valence-electron chi connectivity index (χ4n) is 2.55. The van der Waals surface area contributed by atoms with Crippen LogP contribution < -0.4 is 10.2 Å². The van der Waals surface area contributed by atoms with Gasteiger partial charge in [0.15, 0.2) is 0 Å². The van der Waals surface area contributed by atoms with Crippen LogP contribution in [0.1, 0.15) is 5.56 Å². The third kappa shape index (κ3) is 4.89. The average molecular weight is 414 g/mol. The van der Waals surface area contributed by atoms with E-state index in [1.165, 1.54) is 6.07 Å². The maximum absolute atomic E-state index is 13.9. The molecule has 0 atom stereocenters. The smallest absolute Gasteiger partial charge is 0.243 e. The van der Waals surface area contributed by atoms with Crippen LogP contribution in [0.15, 0.2) is 77.5 Å². The van der Waals surface area contributed by atoms with Crippen LogP contribution in [0.2, 0.25) is 0 Å². The van der Waals surface area contributed by atoms with Crippen molar-refractivity contribution in [2.24, 2.45) is 0 Å². The summed E-state index contributed by atoms with van der Waals surface area (Å²) in [6.07, 6.45) is 3.47. The molecular formula is C20H17BrFN3O. The van der Waals surface area contributed by atoms with Crippen LogP contribution in [0.5, 0.6) is 0 Å². The van der Waals surface area contributed by atoms with Crippen molar-refractivity contribution in [2.75, 3.05) is 16.8 Å². The highest BCUT2D eigenvalue weighted by Crippen LogP contribution is 2.21. The minimum Gasteiger partial charge on any atom is -0.358 e. The standard InChI is InChI=1S/C20H17BrFN3O/c21-16-8-9-18(22)19(11-16)24-20(26)14-25(17-6-2-1-3-7-17)13-15-5-4-10-23-12-15/h1-12H,13-14H2,(H,24,26). The van der Waals surface area contributed by atoms with Gasteiger partial charge in [-0.25, -0.2) is 4.39 Å². The molecule has 1 heterocycles. The average Bonchev–Trinajstić information content (AvgIpc) is 2.66. The van der Waals surface area contributed by atoms with E-state index in [1.54, 1.807) is 24.5 Å². The predicted molar refractivity (Wildman–Crippen MR) is 104 cm³/mol. The van der Waals surface area contributed by atoms with Crippen molar-refractivity contribution >= 4 is 33.2 Å². The van der Waals surface area contributed by atoms with Gasteiger partial charge in [-0.05, 0) is 42.0 Å². The molecule has 3 aromatic rings. The molecule has 3 rings (SSSR count). The Labute approximate surface area is 159 Å². The van der Waals surface area contributed by atoms with E-state index in [0.717, 1.165) is 11.3 Å². The van der Waals surface area contributed by atoms with Gasteiger partial charge < -0.3 is 10.2 Å². The summed E-state index contributed by atoms with van der Waals surface area (Å²) in [6.45, 7) is 0.608. The number of hydrogen-bond donors (Lipinski definition) is 1. The Balaban J connectivity index is 1.76. The summed E-state index contributed by atoms with van der Waals surface area (Å²) in [7, 11) is 0. The molecule has 0 unspecified atom stereocenters.